The van der Waals surface area contributed by atoms with E-state index in [1.54, 1.807) is 36.4 Å². The molecule has 0 radical (unpaired) electrons. The van der Waals surface area contributed by atoms with Crippen molar-refractivity contribution in [3.05, 3.63) is 102 Å². The Labute approximate surface area is 218 Å². The third kappa shape index (κ3) is 6.23. The fourth-order valence-corrected chi connectivity index (χ4v) is 4.96. The highest BCUT2D eigenvalue weighted by molar-refractivity contribution is 7.99. The number of carbonyl (C=O) groups excluding carboxylic acids is 1. The van der Waals surface area contributed by atoms with Crippen molar-refractivity contribution in [2.45, 2.75) is 36.7 Å². The molecule has 190 valence electrons. The second-order valence-electron chi connectivity index (χ2n) is 8.71. The van der Waals surface area contributed by atoms with Crippen molar-refractivity contribution in [1.82, 2.24) is 19.7 Å². The molecule has 1 saturated heterocycles. The molecule has 4 aromatic rings. The Morgan fingerprint density at radius 3 is 2.73 bits per heavy atom. The van der Waals surface area contributed by atoms with E-state index in [2.05, 4.69) is 20.5 Å². The first-order valence-corrected chi connectivity index (χ1v) is 12.9. The second kappa shape index (κ2) is 11.7. The molecule has 2 N–H and O–H groups in total. The second-order valence-corrected chi connectivity index (χ2v) is 9.69. The molecule has 1 fully saturated rings. The van der Waals surface area contributed by atoms with Crippen molar-refractivity contribution >= 4 is 23.4 Å². The highest BCUT2D eigenvalue weighted by Crippen LogP contribution is 2.39. The maximum absolute atomic E-state index is 12.6. The normalized spacial score (nSPS) is 19.5. The Kier molecular flexibility index (Phi) is 7.90. The van der Waals surface area contributed by atoms with Crippen LogP contribution in [0.3, 0.4) is 0 Å². The Morgan fingerprint density at radius 2 is 2.00 bits per heavy atom. The molecule has 3 atom stereocenters. The van der Waals surface area contributed by atoms with E-state index in [0.717, 1.165) is 21.8 Å². The lowest BCUT2D eigenvalue weighted by Gasteiger charge is -2.36. The Hall–Kier alpha value is -3.57. The number of nitrogens with zero attached hydrogens (tertiary/aromatic N) is 4. The number of aliphatic hydroxyl groups excluding tert-OH is 1. The van der Waals surface area contributed by atoms with Crippen LogP contribution < -0.4 is 5.32 Å². The topological polar surface area (TPSA) is 111 Å². The zero-order valence-corrected chi connectivity index (χ0v) is 21.0. The van der Waals surface area contributed by atoms with Crippen molar-refractivity contribution in [2.24, 2.45) is 7.05 Å². The molecule has 0 unspecified atom stereocenters. The van der Waals surface area contributed by atoms with Crippen molar-refractivity contribution in [1.29, 1.82) is 0 Å². The largest absolute Gasteiger partial charge is 0.392 e. The molecule has 0 bridgehead atoms. The molecule has 0 saturated carbocycles. The molecule has 3 heterocycles. The summed E-state index contributed by atoms with van der Waals surface area (Å²) < 4.78 is 14.7. The van der Waals surface area contributed by atoms with Gasteiger partial charge in [-0.15, -0.1) is 10.2 Å². The first kappa shape index (κ1) is 25.1. The standard InChI is InChI=1S/C27H27N5O4S/c1-32-17-29-31-27(32)37-16-23-13-24(19-9-7-18(15-33)8-10-19)36-26(35-23)20-4-2-6-22(12-20)30-25(34)21-5-3-11-28-14-21/h2-12,14,17,23-24,26,33H,13,15-16H2,1H3,(H,30,34)/t23-,24+,26+/m0/s1. The van der Waals surface area contributed by atoms with Gasteiger partial charge in [0.25, 0.3) is 5.91 Å². The van der Waals surface area contributed by atoms with E-state index >= 15 is 0 Å². The zero-order chi connectivity index (χ0) is 25.6. The predicted octanol–water partition coefficient (Wildman–Crippen LogP) is 4.29. The Morgan fingerprint density at radius 1 is 1.14 bits per heavy atom. The van der Waals surface area contributed by atoms with Crippen LogP contribution in [0.5, 0.6) is 0 Å². The molecular weight excluding hydrogens is 490 g/mol. The molecule has 1 aliphatic heterocycles. The highest BCUT2D eigenvalue weighted by Gasteiger charge is 2.32. The number of ether oxygens (including phenoxy) is 2. The number of aryl methyl sites for hydroxylation is 1. The minimum Gasteiger partial charge on any atom is -0.392 e. The highest BCUT2D eigenvalue weighted by atomic mass is 32.2. The number of aliphatic hydroxyl groups is 1. The van der Waals surface area contributed by atoms with E-state index < -0.39 is 6.29 Å². The van der Waals surface area contributed by atoms with Crippen LogP contribution in [0.4, 0.5) is 5.69 Å². The molecule has 1 aliphatic rings. The number of thioether (sulfide) groups is 1. The minimum atomic E-state index is -0.628. The van der Waals surface area contributed by atoms with Crippen LogP contribution in [0.1, 0.15) is 45.9 Å². The van der Waals surface area contributed by atoms with Crippen molar-refractivity contribution in [3.8, 4) is 0 Å². The van der Waals surface area contributed by atoms with Gasteiger partial charge in [-0.2, -0.15) is 0 Å². The number of hydrogen-bond donors (Lipinski definition) is 2. The van der Waals surface area contributed by atoms with Crippen molar-refractivity contribution < 1.29 is 19.4 Å². The summed E-state index contributed by atoms with van der Waals surface area (Å²) in [7, 11) is 1.91. The number of anilines is 1. The summed E-state index contributed by atoms with van der Waals surface area (Å²) in [6, 6.07) is 18.7. The monoisotopic (exact) mass is 517 g/mol. The van der Waals surface area contributed by atoms with Gasteiger partial charge in [-0.05, 0) is 35.4 Å². The average Bonchev–Trinajstić information content (AvgIpc) is 3.37. The average molecular weight is 518 g/mol. The van der Waals surface area contributed by atoms with Gasteiger partial charge in [-0.1, -0.05) is 48.2 Å². The maximum atomic E-state index is 12.6. The molecule has 0 spiro atoms. The number of pyridine rings is 1. The predicted molar refractivity (Wildman–Crippen MR) is 139 cm³/mol. The Balaban J connectivity index is 1.35. The quantitative estimate of drug-likeness (QED) is 0.333. The van der Waals surface area contributed by atoms with Gasteiger partial charge in [0.1, 0.15) is 6.33 Å². The molecular formula is C27H27N5O4S. The first-order chi connectivity index (χ1) is 18.1. The van der Waals surface area contributed by atoms with Gasteiger partial charge in [0, 0.05) is 42.9 Å². The molecule has 1 amide bonds. The van der Waals surface area contributed by atoms with E-state index in [1.165, 1.54) is 6.20 Å². The Bertz CT molecular complexity index is 1330. The summed E-state index contributed by atoms with van der Waals surface area (Å²) in [5.74, 6) is 0.435. The van der Waals surface area contributed by atoms with E-state index in [4.69, 9.17) is 9.47 Å². The summed E-state index contributed by atoms with van der Waals surface area (Å²) in [5.41, 5.74) is 3.77. The summed E-state index contributed by atoms with van der Waals surface area (Å²) in [6.45, 7) is -0.00788. The van der Waals surface area contributed by atoms with Gasteiger partial charge in [-0.3, -0.25) is 9.78 Å². The third-order valence-electron chi connectivity index (χ3n) is 6.02. The summed E-state index contributed by atoms with van der Waals surface area (Å²) in [4.78, 5) is 16.6. The van der Waals surface area contributed by atoms with Crippen LogP contribution in [0, 0.1) is 0 Å². The van der Waals surface area contributed by atoms with Crippen LogP contribution in [0.2, 0.25) is 0 Å². The summed E-state index contributed by atoms with van der Waals surface area (Å²) >= 11 is 1.58. The van der Waals surface area contributed by atoms with Crippen LogP contribution in [0.25, 0.3) is 0 Å². The minimum absolute atomic E-state index is 0.00788. The van der Waals surface area contributed by atoms with Crippen LogP contribution in [0.15, 0.2) is 84.5 Å². The molecule has 5 rings (SSSR count). The fourth-order valence-electron chi connectivity index (χ4n) is 4.06. The number of nitrogens with one attached hydrogen (secondary N) is 1. The number of hydrogen-bond acceptors (Lipinski definition) is 8. The maximum Gasteiger partial charge on any atom is 0.257 e. The van der Waals surface area contributed by atoms with E-state index in [9.17, 15) is 9.90 Å². The van der Waals surface area contributed by atoms with Crippen LogP contribution in [-0.4, -0.2) is 42.6 Å². The molecule has 2 aromatic heterocycles. The van der Waals surface area contributed by atoms with Gasteiger partial charge < -0.3 is 24.5 Å². The lowest BCUT2D eigenvalue weighted by atomic mass is 10.0. The van der Waals surface area contributed by atoms with Crippen LogP contribution >= 0.6 is 11.8 Å². The smallest absolute Gasteiger partial charge is 0.257 e. The van der Waals surface area contributed by atoms with E-state index in [-0.39, 0.29) is 24.7 Å². The number of rotatable bonds is 8. The lowest BCUT2D eigenvalue weighted by Crippen LogP contribution is -2.31. The van der Waals surface area contributed by atoms with Gasteiger partial charge >= 0.3 is 0 Å². The van der Waals surface area contributed by atoms with Crippen molar-refractivity contribution in [2.75, 3.05) is 11.1 Å². The molecule has 9 nitrogen and oxygen atoms in total. The van der Waals surface area contributed by atoms with Gasteiger partial charge in [0.2, 0.25) is 0 Å². The number of carbonyl (C=O) groups is 1. The van der Waals surface area contributed by atoms with Gasteiger partial charge in [0.15, 0.2) is 11.4 Å². The van der Waals surface area contributed by atoms with Gasteiger partial charge in [-0.25, -0.2) is 0 Å². The SMILES string of the molecule is Cn1cnnc1SC[C@@H]1C[C@H](c2ccc(CO)cc2)O[C@H](c2cccc(NC(=O)c3cccnc3)c2)O1. The first-order valence-electron chi connectivity index (χ1n) is 11.9. The zero-order valence-electron chi connectivity index (χ0n) is 20.2. The lowest BCUT2D eigenvalue weighted by molar-refractivity contribution is -0.245. The molecule has 0 aliphatic carbocycles. The van der Waals surface area contributed by atoms with Crippen LogP contribution in [-0.2, 0) is 23.1 Å². The van der Waals surface area contributed by atoms with E-state index in [1.807, 2.05) is 60.1 Å². The van der Waals surface area contributed by atoms with Crippen molar-refractivity contribution in [3.63, 3.8) is 0 Å². The number of amides is 1. The fraction of sp³-hybridized carbons (Fsp3) is 0.259. The van der Waals surface area contributed by atoms with Gasteiger partial charge in [0.05, 0.1) is 24.4 Å². The molecule has 2 aromatic carbocycles. The third-order valence-corrected chi connectivity index (χ3v) is 7.19. The molecule has 37 heavy (non-hydrogen) atoms. The summed E-state index contributed by atoms with van der Waals surface area (Å²) in [5, 5.41) is 21.3. The van der Waals surface area contributed by atoms with E-state index in [0.29, 0.717) is 23.4 Å². The summed E-state index contributed by atoms with van der Waals surface area (Å²) in [6.07, 6.45) is 4.54. The number of aromatic nitrogens is 4. The molecule has 10 heteroatoms. The number of benzene rings is 2.